The maximum absolute atomic E-state index is 13.8. The Balaban J connectivity index is 1.57. The van der Waals surface area contributed by atoms with Gasteiger partial charge < -0.3 is 0 Å². The van der Waals surface area contributed by atoms with Gasteiger partial charge in [0.25, 0.3) is 10.0 Å². The molecule has 0 radical (unpaired) electrons. The number of hydrazine groups is 1. The van der Waals surface area contributed by atoms with Gasteiger partial charge in [-0.05, 0) is 74.4 Å². The van der Waals surface area contributed by atoms with Gasteiger partial charge in [-0.2, -0.15) is 0 Å². The molecule has 8 heteroatoms. The van der Waals surface area contributed by atoms with E-state index >= 15 is 0 Å². The summed E-state index contributed by atoms with van der Waals surface area (Å²) in [6.45, 7) is 12.2. The van der Waals surface area contributed by atoms with Crippen molar-refractivity contribution in [2.75, 3.05) is 0 Å². The highest BCUT2D eigenvalue weighted by atomic mass is 32.2. The summed E-state index contributed by atoms with van der Waals surface area (Å²) in [5, 5.41) is 0. The average molecular weight is 479 g/mol. The van der Waals surface area contributed by atoms with Gasteiger partial charge >= 0.3 is 0 Å². The van der Waals surface area contributed by atoms with Gasteiger partial charge in [0.2, 0.25) is 5.91 Å². The number of hydrogen-bond donors (Lipinski definition) is 2. The molecule has 178 valence electrons. The van der Waals surface area contributed by atoms with Crippen LogP contribution in [-0.2, 0) is 25.6 Å². The molecule has 0 aliphatic heterocycles. The Morgan fingerprint density at radius 1 is 0.882 bits per heavy atom. The lowest BCUT2D eigenvalue weighted by Gasteiger charge is -2.39. The first kappa shape index (κ1) is 22.9. The minimum atomic E-state index is -3.92. The van der Waals surface area contributed by atoms with Crippen LogP contribution in [0.5, 0.6) is 0 Å². The van der Waals surface area contributed by atoms with Crippen molar-refractivity contribution < 1.29 is 13.2 Å². The smallest absolute Gasteiger partial charge is 0.257 e. The Morgan fingerprint density at radius 2 is 1.44 bits per heavy atom. The van der Waals surface area contributed by atoms with Gasteiger partial charge in [0.15, 0.2) is 0 Å². The molecule has 2 bridgehead atoms. The Bertz CT molecular complexity index is 1460. The Morgan fingerprint density at radius 3 is 2.03 bits per heavy atom. The van der Waals surface area contributed by atoms with Crippen LogP contribution in [0.25, 0.3) is 11.0 Å². The number of hydrogen-bond acceptors (Lipinski definition) is 5. The standard InChI is InChI=1S/C26H30N4O3S/c1-15-7-9-18(10-8-15)34(32,33)30-29-23(31)26-12-11-25(6,24(26,4)5)21-22(26)28-20-14-17(3)16(2)13-19(20)27-21/h7-10,13-14,30H,11-12H2,1-6H3,(H,29,31). The summed E-state index contributed by atoms with van der Waals surface area (Å²) in [5.41, 5.74) is 6.96. The fourth-order valence-electron chi connectivity index (χ4n) is 5.86. The highest BCUT2D eigenvalue weighted by Crippen LogP contribution is 2.70. The lowest BCUT2D eigenvalue weighted by molar-refractivity contribution is -0.131. The maximum atomic E-state index is 13.8. The van der Waals surface area contributed by atoms with Crippen LogP contribution in [-0.4, -0.2) is 24.3 Å². The van der Waals surface area contributed by atoms with Crippen LogP contribution < -0.4 is 10.3 Å². The molecule has 1 amide bonds. The summed E-state index contributed by atoms with van der Waals surface area (Å²) >= 11 is 0. The van der Waals surface area contributed by atoms with Crippen molar-refractivity contribution in [2.24, 2.45) is 5.41 Å². The molecule has 3 aromatic rings. The Kier molecular flexibility index (Phi) is 4.78. The molecule has 2 unspecified atom stereocenters. The number of rotatable bonds is 4. The van der Waals surface area contributed by atoms with Gasteiger partial charge in [0.1, 0.15) is 5.41 Å². The normalized spacial score (nSPS) is 24.9. The van der Waals surface area contributed by atoms with E-state index in [0.717, 1.165) is 39.8 Å². The molecule has 1 aromatic heterocycles. The van der Waals surface area contributed by atoms with Gasteiger partial charge in [0, 0.05) is 5.41 Å². The molecule has 2 aliphatic carbocycles. The van der Waals surface area contributed by atoms with Crippen molar-refractivity contribution in [2.45, 2.75) is 70.1 Å². The van der Waals surface area contributed by atoms with Crippen molar-refractivity contribution in [1.82, 2.24) is 20.2 Å². The quantitative estimate of drug-likeness (QED) is 0.554. The predicted octanol–water partition coefficient (Wildman–Crippen LogP) is 3.89. The first-order valence-electron chi connectivity index (χ1n) is 11.5. The van der Waals surface area contributed by atoms with Crippen LogP contribution in [0.4, 0.5) is 0 Å². The highest BCUT2D eigenvalue weighted by Gasteiger charge is 2.73. The predicted molar refractivity (Wildman–Crippen MR) is 131 cm³/mol. The van der Waals surface area contributed by atoms with Crippen LogP contribution in [0.1, 0.15) is 61.7 Å². The minimum absolute atomic E-state index is 0.0925. The SMILES string of the molecule is Cc1ccc(S(=O)(=O)NNC(=O)C23CCC(C)(c4nc5cc(C)c(C)cc5nc42)C3(C)C)cc1. The monoisotopic (exact) mass is 478 g/mol. The molecule has 2 atom stereocenters. The molecule has 7 nitrogen and oxygen atoms in total. The lowest BCUT2D eigenvalue weighted by Crippen LogP contribution is -2.55. The third-order valence-electron chi connectivity index (χ3n) is 8.67. The van der Waals surface area contributed by atoms with Gasteiger partial charge in [-0.1, -0.05) is 38.5 Å². The largest absolute Gasteiger partial charge is 0.277 e. The first-order chi connectivity index (χ1) is 15.8. The molecule has 2 N–H and O–H groups in total. The van der Waals surface area contributed by atoms with Gasteiger partial charge in [-0.15, -0.1) is 4.83 Å². The van der Waals surface area contributed by atoms with E-state index in [4.69, 9.17) is 9.97 Å². The van der Waals surface area contributed by atoms with E-state index in [1.54, 1.807) is 12.1 Å². The number of nitrogens with one attached hydrogen (secondary N) is 2. The van der Waals surface area contributed by atoms with E-state index in [9.17, 15) is 13.2 Å². The fraction of sp³-hybridized carbons (Fsp3) is 0.423. The van der Waals surface area contributed by atoms with Crippen LogP contribution in [0.15, 0.2) is 41.3 Å². The van der Waals surface area contributed by atoms with E-state index in [2.05, 4.69) is 38.0 Å². The van der Waals surface area contributed by atoms with Crippen LogP contribution in [0, 0.1) is 26.2 Å². The zero-order valence-electron chi connectivity index (χ0n) is 20.4. The highest BCUT2D eigenvalue weighted by molar-refractivity contribution is 7.89. The number of fused-ring (bicyclic) bond motifs is 6. The lowest BCUT2D eigenvalue weighted by atomic mass is 9.63. The van der Waals surface area contributed by atoms with Crippen molar-refractivity contribution in [3.63, 3.8) is 0 Å². The van der Waals surface area contributed by atoms with Crippen LogP contribution in [0.2, 0.25) is 0 Å². The molecular formula is C26H30N4O3S. The molecule has 0 saturated heterocycles. The van der Waals surface area contributed by atoms with Crippen LogP contribution in [0.3, 0.4) is 0 Å². The number of aryl methyl sites for hydroxylation is 3. The second-order valence-corrected chi connectivity index (χ2v) is 12.3. The zero-order chi connectivity index (χ0) is 24.7. The molecule has 1 saturated carbocycles. The molecule has 0 spiro atoms. The van der Waals surface area contributed by atoms with Gasteiger partial charge in [0.05, 0.1) is 27.3 Å². The van der Waals surface area contributed by atoms with Gasteiger partial charge in [-0.25, -0.2) is 18.4 Å². The topological polar surface area (TPSA) is 101 Å². The second kappa shape index (κ2) is 7.09. The van der Waals surface area contributed by atoms with E-state index in [0.29, 0.717) is 12.1 Å². The summed E-state index contributed by atoms with van der Waals surface area (Å²) in [6.07, 6.45) is 1.35. The van der Waals surface area contributed by atoms with Crippen molar-refractivity contribution in [1.29, 1.82) is 0 Å². The molecule has 2 aromatic carbocycles. The molecule has 2 aliphatic rings. The molecule has 34 heavy (non-hydrogen) atoms. The average Bonchev–Trinajstić information content (AvgIpc) is 3.07. The van der Waals surface area contributed by atoms with E-state index in [1.165, 1.54) is 12.1 Å². The van der Waals surface area contributed by atoms with E-state index in [1.807, 2.05) is 26.0 Å². The fourth-order valence-corrected chi connectivity index (χ4v) is 6.70. The molecular weight excluding hydrogens is 448 g/mol. The second-order valence-electron chi connectivity index (χ2n) is 10.6. The number of nitrogens with zero attached hydrogens (tertiary/aromatic N) is 2. The Hall–Kier alpha value is -2.84. The number of aromatic nitrogens is 2. The summed E-state index contributed by atoms with van der Waals surface area (Å²) in [4.78, 5) is 26.2. The van der Waals surface area contributed by atoms with Crippen molar-refractivity contribution in [3.05, 3.63) is 64.5 Å². The number of amides is 1. The summed E-state index contributed by atoms with van der Waals surface area (Å²) in [6, 6.07) is 10.5. The van der Waals surface area contributed by atoms with Crippen molar-refractivity contribution in [3.8, 4) is 0 Å². The zero-order valence-corrected chi connectivity index (χ0v) is 21.2. The molecule has 1 fully saturated rings. The van der Waals surface area contributed by atoms with Crippen molar-refractivity contribution >= 4 is 27.0 Å². The molecule has 5 rings (SSSR count). The number of carbonyl (C=O) groups excluding carboxylic acids is 1. The third kappa shape index (κ3) is 2.84. The third-order valence-corrected chi connectivity index (χ3v) is 9.93. The Labute approximate surface area is 200 Å². The number of carbonyl (C=O) groups is 1. The number of sulfonamides is 1. The van der Waals surface area contributed by atoms with E-state index < -0.39 is 26.8 Å². The van der Waals surface area contributed by atoms with Gasteiger partial charge in [-0.3, -0.25) is 10.2 Å². The van der Waals surface area contributed by atoms with E-state index in [-0.39, 0.29) is 10.3 Å². The summed E-state index contributed by atoms with van der Waals surface area (Å²) in [5.74, 6) is -0.395. The first-order valence-corrected chi connectivity index (χ1v) is 13.0. The van der Waals surface area contributed by atoms with Crippen LogP contribution >= 0.6 is 0 Å². The maximum Gasteiger partial charge on any atom is 0.257 e. The summed E-state index contributed by atoms with van der Waals surface area (Å²) < 4.78 is 25.7. The number of benzene rings is 2. The molecule has 1 heterocycles. The summed E-state index contributed by atoms with van der Waals surface area (Å²) in [7, 11) is -3.92. The minimum Gasteiger partial charge on any atom is -0.277 e.